The molecule has 1 aliphatic carbocycles. The van der Waals surface area contributed by atoms with Gasteiger partial charge < -0.3 is 19.9 Å². The van der Waals surface area contributed by atoms with Crippen molar-refractivity contribution in [3.63, 3.8) is 0 Å². The first kappa shape index (κ1) is 14.8. The number of anilines is 1. The summed E-state index contributed by atoms with van der Waals surface area (Å²) in [6.07, 6.45) is 1.56. The molecule has 1 aromatic heterocycles. The maximum atomic E-state index is 11.9. The van der Waals surface area contributed by atoms with Gasteiger partial charge in [0.2, 0.25) is 17.7 Å². The van der Waals surface area contributed by atoms with Crippen LogP contribution < -0.4 is 20.1 Å². The van der Waals surface area contributed by atoms with Gasteiger partial charge in [0.1, 0.15) is 5.54 Å². The highest BCUT2D eigenvalue weighted by molar-refractivity contribution is 5.93. The summed E-state index contributed by atoms with van der Waals surface area (Å²) in [6.45, 7) is 0. The zero-order valence-corrected chi connectivity index (χ0v) is 11.7. The van der Waals surface area contributed by atoms with E-state index >= 15 is 0 Å². The zero-order valence-electron chi connectivity index (χ0n) is 11.7. The summed E-state index contributed by atoms with van der Waals surface area (Å²) in [5.74, 6) is -0.654. The van der Waals surface area contributed by atoms with Gasteiger partial charge in [-0.15, -0.1) is 0 Å². The number of carboxylic acids is 1. The summed E-state index contributed by atoms with van der Waals surface area (Å²) in [4.78, 5) is 30.9. The number of urea groups is 1. The van der Waals surface area contributed by atoms with Crippen LogP contribution in [-0.4, -0.2) is 46.8 Å². The summed E-state index contributed by atoms with van der Waals surface area (Å²) >= 11 is 0. The van der Waals surface area contributed by atoms with Crippen LogP contribution in [0.25, 0.3) is 0 Å². The lowest BCUT2D eigenvalue weighted by Gasteiger charge is -2.37. The number of methoxy groups -OCH3 is 2. The maximum absolute atomic E-state index is 11.9. The minimum absolute atomic E-state index is 0.0384. The van der Waals surface area contributed by atoms with Crippen LogP contribution in [0.5, 0.6) is 11.8 Å². The van der Waals surface area contributed by atoms with Crippen molar-refractivity contribution in [3.05, 3.63) is 6.07 Å². The number of nitrogens with zero attached hydrogens (tertiary/aromatic N) is 2. The molecule has 0 unspecified atom stereocenters. The fraction of sp³-hybridized carbons (Fsp3) is 0.500. The van der Waals surface area contributed by atoms with Crippen molar-refractivity contribution in [2.45, 2.75) is 24.8 Å². The molecule has 0 aliphatic heterocycles. The molecule has 0 atom stereocenters. The summed E-state index contributed by atoms with van der Waals surface area (Å²) in [6, 6.07) is 0.765. The molecular formula is C12H16N4O5. The fourth-order valence-corrected chi connectivity index (χ4v) is 1.94. The average Bonchev–Trinajstić information content (AvgIpc) is 2.41. The predicted octanol–water partition coefficient (Wildman–Crippen LogP) is 0.623. The molecule has 2 rings (SSSR count). The van der Waals surface area contributed by atoms with E-state index in [1.807, 2.05) is 0 Å². The van der Waals surface area contributed by atoms with Crippen molar-refractivity contribution in [1.82, 2.24) is 15.3 Å². The van der Waals surface area contributed by atoms with Crippen LogP contribution in [0.15, 0.2) is 6.07 Å². The minimum atomic E-state index is -1.20. The Balaban J connectivity index is 2.07. The molecule has 3 N–H and O–H groups in total. The molecule has 9 nitrogen and oxygen atoms in total. The molecular weight excluding hydrogens is 280 g/mol. The molecule has 1 aromatic rings. The fourth-order valence-electron chi connectivity index (χ4n) is 1.94. The first-order valence-corrected chi connectivity index (χ1v) is 6.29. The van der Waals surface area contributed by atoms with E-state index in [4.69, 9.17) is 14.6 Å². The van der Waals surface area contributed by atoms with Crippen LogP contribution in [0.3, 0.4) is 0 Å². The Kier molecular flexibility index (Phi) is 4.10. The van der Waals surface area contributed by atoms with E-state index in [-0.39, 0.29) is 17.7 Å². The van der Waals surface area contributed by atoms with Gasteiger partial charge in [0.15, 0.2) is 0 Å². The van der Waals surface area contributed by atoms with E-state index in [1.54, 1.807) is 0 Å². The summed E-state index contributed by atoms with van der Waals surface area (Å²) in [7, 11) is 2.83. The van der Waals surface area contributed by atoms with Crippen LogP contribution >= 0.6 is 0 Å². The second kappa shape index (κ2) is 5.81. The molecule has 0 saturated heterocycles. The SMILES string of the molecule is COc1cc(OC)nc(NC(=O)NC2(C(=O)O)CCC2)n1. The Bertz CT molecular complexity index is 536. The van der Waals surface area contributed by atoms with Crippen molar-refractivity contribution in [1.29, 1.82) is 0 Å². The number of rotatable bonds is 5. The molecule has 0 spiro atoms. The number of hydrogen-bond donors (Lipinski definition) is 3. The molecule has 0 bridgehead atoms. The van der Waals surface area contributed by atoms with Gasteiger partial charge in [0, 0.05) is 0 Å². The van der Waals surface area contributed by atoms with Crippen molar-refractivity contribution >= 4 is 17.9 Å². The van der Waals surface area contributed by atoms with Gasteiger partial charge >= 0.3 is 12.0 Å². The van der Waals surface area contributed by atoms with Gasteiger partial charge in [-0.2, -0.15) is 9.97 Å². The van der Waals surface area contributed by atoms with Crippen LogP contribution in [0, 0.1) is 0 Å². The first-order valence-electron chi connectivity index (χ1n) is 6.29. The van der Waals surface area contributed by atoms with Crippen LogP contribution in [-0.2, 0) is 4.79 Å². The molecule has 0 radical (unpaired) electrons. The van der Waals surface area contributed by atoms with Gasteiger partial charge in [0.25, 0.3) is 0 Å². The monoisotopic (exact) mass is 296 g/mol. The minimum Gasteiger partial charge on any atom is -0.481 e. The molecule has 114 valence electrons. The Morgan fingerprint density at radius 1 is 1.24 bits per heavy atom. The summed E-state index contributed by atoms with van der Waals surface area (Å²) in [5.41, 5.74) is -1.20. The summed E-state index contributed by atoms with van der Waals surface area (Å²) in [5, 5.41) is 14.0. The van der Waals surface area contributed by atoms with E-state index in [2.05, 4.69) is 20.6 Å². The van der Waals surface area contributed by atoms with Crippen molar-refractivity contribution in [3.8, 4) is 11.8 Å². The third kappa shape index (κ3) is 3.12. The predicted molar refractivity (Wildman–Crippen MR) is 71.5 cm³/mol. The molecule has 9 heteroatoms. The Morgan fingerprint density at radius 3 is 2.19 bits per heavy atom. The molecule has 2 amide bonds. The number of aliphatic carboxylic acids is 1. The van der Waals surface area contributed by atoms with Gasteiger partial charge in [-0.25, -0.2) is 9.59 Å². The lowest BCUT2D eigenvalue weighted by Crippen LogP contribution is -2.60. The number of hydrogen-bond acceptors (Lipinski definition) is 6. The van der Waals surface area contributed by atoms with E-state index in [0.717, 1.165) is 6.42 Å². The van der Waals surface area contributed by atoms with Crippen LogP contribution in [0.1, 0.15) is 19.3 Å². The molecule has 1 saturated carbocycles. The number of ether oxygens (including phenoxy) is 2. The number of carbonyl (C=O) groups is 2. The lowest BCUT2D eigenvalue weighted by molar-refractivity contribution is -0.148. The summed E-state index contributed by atoms with van der Waals surface area (Å²) < 4.78 is 9.91. The van der Waals surface area contributed by atoms with Gasteiger partial charge in [-0.05, 0) is 19.3 Å². The molecule has 0 aromatic carbocycles. The van der Waals surface area contributed by atoms with Crippen LogP contribution in [0.2, 0.25) is 0 Å². The van der Waals surface area contributed by atoms with Crippen molar-refractivity contribution in [2.24, 2.45) is 0 Å². The number of aromatic nitrogens is 2. The quantitative estimate of drug-likeness (QED) is 0.728. The number of carbonyl (C=O) groups excluding carboxylic acids is 1. The standard InChI is InChI=1S/C12H16N4O5/c1-20-7-6-8(21-2)14-10(13-7)15-11(19)16-12(9(17)18)4-3-5-12/h6H,3-5H2,1-2H3,(H,17,18)(H2,13,14,15,16,19). The normalized spacial score (nSPS) is 15.5. The largest absolute Gasteiger partial charge is 0.481 e. The van der Waals surface area contributed by atoms with E-state index < -0.39 is 17.5 Å². The smallest absolute Gasteiger partial charge is 0.329 e. The topological polar surface area (TPSA) is 123 Å². The Morgan fingerprint density at radius 2 is 1.81 bits per heavy atom. The molecule has 21 heavy (non-hydrogen) atoms. The molecule has 1 aliphatic rings. The molecule has 1 fully saturated rings. The number of amides is 2. The van der Waals surface area contributed by atoms with Crippen molar-refractivity contribution in [2.75, 3.05) is 19.5 Å². The zero-order chi connectivity index (χ0) is 15.5. The van der Waals surface area contributed by atoms with Crippen LogP contribution in [0.4, 0.5) is 10.7 Å². The third-order valence-corrected chi connectivity index (χ3v) is 3.29. The highest BCUT2D eigenvalue weighted by Gasteiger charge is 2.45. The van der Waals surface area contributed by atoms with Crippen molar-refractivity contribution < 1.29 is 24.2 Å². The van der Waals surface area contributed by atoms with E-state index in [9.17, 15) is 9.59 Å². The second-order valence-corrected chi connectivity index (χ2v) is 4.60. The maximum Gasteiger partial charge on any atom is 0.329 e. The Labute approximate surface area is 120 Å². The lowest BCUT2D eigenvalue weighted by atomic mass is 9.77. The number of carboxylic acid groups (broad SMARTS) is 1. The second-order valence-electron chi connectivity index (χ2n) is 4.60. The van der Waals surface area contributed by atoms with E-state index in [1.165, 1.54) is 20.3 Å². The van der Waals surface area contributed by atoms with Gasteiger partial charge in [0.05, 0.1) is 20.3 Å². The Hall–Kier alpha value is -2.58. The van der Waals surface area contributed by atoms with E-state index in [0.29, 0.717) is 12.8 Å². The van der Waals surface area contributed by atoms with Gasteiger partial charge in [-0.3, -0.25) is 5.32 Å². The number of nitrogens with one attached hydrogen (secondary N) is 2. The third-order valence-electron chi connectivity index (χ3n) is 3.29. The van der Waals surface area contributed by atoms with Gasteiger partial charge in [-0.1, -0.05) is 0 Å². The molecule has 1 heterocycles. The highest BCUT2D eigenvalue weighted by atomic mass is 16.5. The highest BCUT2D eigenvalue weighted by Crippen LogP contribution is 2.32. The first-order chi connectivity index (χ1) is 9.99. The average molecular weight is 296 g/mol.